The number of hydrogen-bond acceptors (Lipinski definition) is 2. The van der Waals surface area contributed by atoms with Crippen molar-refractivity contribution in [3.8, 4) is 6.07 Å². The van der Waals surface area contributed by atoms with Crippen LogP contribution in [-0.4, -0.2) is 12.2 Å². The summed E-state index contributed by atoms with van der Waals surface area (Å²) in [7, 11) is 0. The Morgan fingerprint density at radius 2 is 2.33 bits per heavy atom. The third kappa shape index (κ3) is 1.69. The van der Waals surface area contributed by atoms with Crippen LogP contribution < -0.4 is 0 Å². The molecule has 1 rings (SSSR count). The van der Waals surface area contributed by atoms with Crippen molar-refractivity contribution in [3.05, 3.63) is 0 Å². The van der Waals surface area contributed by atoms with Crippen LogP contribution in [0.25, 0.3) is 0 Å². The summed E-state index contributed by atoms with van der Waals surface area (Å²) in [5, 5.41) is 8.33. The highest BCUT2D eigenvalue weighted by Gasteiger charge is 2.19. The highest BCUT2D eigenvalue weighted by molar-refractivity contribution is 4.82. The van der Waals surface area contributed by atoms with E-state index in [1.807, 2.05) is 6.07 Å². The minimum atomic E-state index is -0.213. The van der Waals surface area contributed by atoms with Crippen molar-refractivity contribution in [1.29, 1.82) is 5.26 Å². The van der Waals surface area contributed by atoms with Crippen LogP contribution in [-0.2, 0) is 4.74 Å². The highest BCUT2D eigenvalue weighted by Crippen LogP contribution is 2.22. The monoisotopic (exact) mass is 125 g/mol. The number of hydrogen-bond donors (Lipinski definition) is 0. The smallest absolute Gasteiger partial charge is 0.141 e. The van der Waals surface area contributed by atoms with Crippen LogP contribution in [0, 0.1) is 11.3 Å². The molecule has 9 heavy (non-hydrogen) atoms. The molecular weight excluding hydrogens is 114 g/mol. The van der Waals surface area contributed by atoms with Crippen molar-refractivity contribution in [1.82, 2.24) is 0 Å². The molecule has 0 bridgehead atoms. The first kappa shape index (κ1) is 6.57. The largest absolute Gasteiger partial charge is 0.360 e. The Morgan fingerprint density at radius 3 is 2.67 bits per heavy atom. The minimum Gasteiger partial charge on any atom is -0.360 e. The first-order valence-corrected chi connectivity index (χ1v) is 3.38. The molecule has 0 aromatic heterocycles. The number of rotatable bonds is 2. The third-order valence-corrected chi connectivity index (χ3v) is 1.63. The molecule has 2 nitrogen and oxygen atoms in total. The third-order valence-electron chi connectivity index (χ3n) is 1.63. The van der Waals surface area contributed by atoms with Crippen molar-refractivity contribution in [2.45, 2.75) is 38.4 Å². The molecule has 2 heteroatoms. The van der Waals surface area contributed by atoms with Gasteiger partial charge in [0.2, 0.25) is 0 Å². The van der Waals surface area contributed by atoms with Gasteiger partial charge in [-0.1, -0.05) is 0 Å². The van der Waals surface area contributed by atoms with Gasteiger partial charge in [0.25, 0.3) is 0 Å². The molecule has 0 aromatic rings. The van der Waals surface area contributed by atoms with Gasteiger partial charge in [0, 0.05) is 0 Å². The van der Waals surface area contributed by atoms with Crippen LogP contribution in [0.15, 0.2) is 0 Å². The Balaban J connectivity index is 2.10. The molecule has 1 saturated carbocycles. The van der Waals surface area contributed by atoms with Crippen molar-refractivity contribution in [2.24, 2.45) is 0 Å². The summed E-state index contributed by atoms with van der Waals surface area (Å²) in [5.41, 5.74) is 0. The maximum absolute atomic E-state index is 8.33. The van der Waals surface area contributed by atoms with Gasteiger partial charge in [0.15, 0.2) is 0 Å². The van der Waals surface area contributed by atoms with Crippen LogP contribution in [0.1, 0.15) is 26.2 Å². The highest BCUT2D eigenvalue weighted by atomic mass is 16.5. The summed E-state index contributed by atoms with van der Waals surface area (Å²) < 4.78 is 5.27. The lowest BCUT2D eigenvalue weighted by molar-refractivity contribution is -0.0196. The molecule has 0 aliphatic heterocycles. The average Bonchev–Trinajstić information content (AvgIpc) is 1.78. The van der Waals surface area contributed by atoms with Crippen molar-refractivity contribution < 1.29 is 4.74 Å². The average molecular weight is 125 g/mol. The van der Waals surface area contributed by atoms with E-state index in [0.29, 0.717) is 6.10 Å². The minimum absolute atomic E-state index is 0.213. The van der Waals surface area contributed by atoms with Gasteiger partial charge in [-0.3, -0.25) is 0 Å². The fourth-order valence-electron chi connectivity index (χ4n) is 0.826. The van der Waals surface area contributed by atoms with Crippen LogP contribution in [0.5, 0.6) is 0 Å². The number of nitrogens with zero attached hydrogens (tertiary/aromatic N) is 1. The first-order chi connectivity index (χ1) is 4.33. The van der Waals surface area contributed by atoms with E-state index >= 15 is 0 Å². The molecule has 1 unspecified atom stereocenters. The van der Waals surface area contributed by atoms with Gasteiger partial charge in [-0.2, -0.15) is 5.26 Å². The topological polar surface area (TPSA) is 33.0 Å². The van der Waals surface area contributed by atoms with Crippen molar-refractivity contribution in [2.75, 3.05) is 0 Å². The van der Waals surface area contributed by atoms with E-state index in [2.05, 4.69) is 0 Å². The van der Waals surface area contributed by atoms with Gasteiger partial charge in [-0.05, 0) is 26.2 Å². The second-order valence-electron chi connectivity index (χ2n) is 2.46. The molecular formula is C7H11NO. The number of nitriles is 1. The molecule has 50 valence electrons. The fraction of sp³-hybridized carbons (Fsp3) is 0.857. The Morgan fingerprint density at radius 1 is 1.67 bits per heavy atom. The van der Waals surface area contributed by atoms with E-state index in [0.717, 1.165) is 12.8 Å². The van der Waals surface area contributed by atoms with Gasteiger partial charge in [-0.25, -0.2) is 0 Å². The van der Waals surface area contributed by atoms with Gasteiger partial charge in [0.1, 0.15) is 6.10 Å². The lowest BCUT2D eigenvalue weighted by Gasteiger charge is -2.26. The Kier molecular flexibility index (Phi) is 2.07. The molecule has 0 amide bonds. The van der Waals surface area contributed by atoms with Crippen LogP contribution in [0.4, 0.5) is 0 Å². The summed E-state index contributed by atoms with van der Waals surface area (Å²) in [6.45, 7) is 1.79. The number of ether oxygens (including phenoxy) is 1. The van der Waals surface area contributed by atoms with Gasteiger partial charge in [-0.15, -0.1) is 0 Å². The van der Waals surface area contributed by atoms with E-state index < -0.39 is 0 Å². The molecule has 1 atom stereocenters. The summed E-state index contributed by atoms with van der Waals surface area (Å²) in [5.74, 6) is 0. The summed E-state index contributed by atoms with van der Waals surface area (Å²) in [6, 6.07) is 2.04. The van der Waals surface area contributed by atoms with Crippen LogP contribution in [0.3, 0.4) is 0 Å². The second-order valence-corrected chi connectivity index (χ2v) is 2.46. The molecule has 1 aliphatic carbocycles. The van der Waals surface area contributed by atoms with E-state index in [1.54, 1.807) is 6.92 Å². The van der Waals surface area contributed by atoms with Crippen molar-refractivity contribution in [3.63, 3.8) is 0 Å². The molecule has 1 fully saturated rings. The predicted octanol–water partition coefficient (Wildman–Crippen LogP) is 1.47. The SMILES string of the molecule is CC(C#N)OC1CCC1. The normalized spacial score (nSPS) is 22.2. The molecule has 0 radical (unpaired) electrons. The van der Waals surface area contributed by atoms with E-state index in [-0.39, 0.29) is 6.10 Å². The zero-order chi connectivity index (χ0) is 6.69. The molecule has 0 N–H and O–H groups in total. The molecule has 0 aromatic carbocycles. The summed E-state index contributed by atoms with van der Waals surface area (Å²) in [4.78, 5) is 0. The maximum atomic E-state index is 8.33. The van der Waals surface area contributed by atoms with Gasteiger partial charge in [0.05, 0.1) is 12.2 Å². The molecule has 0 spiro atoms. The Bertz CT molecular complexity index is 123. The maximum Gasteiger partial charge on any atom is 0.141 e. The van der Waals surface area contributed by atoms with E-state index in [9.17, 15) is 0 Å². The summed E-state index contributed by atoms with van der Waals surface area (Å²) in [6.07, 6.45) is 3.73. The van der Waals surface area contributed by atoms with Crippen LogP contribution >= 0.6 is 0 Å². The predicted molar refractivity (Wildman–Crippen MR) is 33.8 cm³/mol. The molecule has 1 aliphatic rings. The van der Waals surface area contributed by atoms with Gasteiger partial charge >= 0.3 is 0 Å². The zero-order valence-electron chi connectivity index (χ0n) is 5.63. The Hall–Kier alpha value is -0.550. The van der Waals surface area contributed by atoms with Crippen LogP contribution in [0.2, 0.25) is 0 Å². The zero-order valence-corrected chi connectivity index (χ0v) is 5.63. The lowest BCUT2D eigenvalue weighted by atomic mass is 9.96. The van der Waals surface area contributed by atoms with E-state index in [1.165, 1.54) is 6.42 Å². The fourth-order valence-corrected chi connectivity index (χ4v) is 0.826. The quantitative estimate of drug-likeness (QED) is 0.559. The van der Waals surface area contributed by atoms with Crippen molar-refractivity contribution >= 4 is 0 Å². The second kappa shape index (κ2) is 2.84. The lowest BCUT2D eigenvalue weighted by Crippen LogP contribution is -2.25. The first-order valence-electron chi connectivity index (χ1n) is 3.38. The van der Waals surface area contributed by atoms with Gasteiger partial charge < -0.3 is 4.74 Å². The molecule has 0 heterocycles. The molecule has 0 saturated heterocycles. The Labute approximate surface area is 55.4 Å². The van der Waals surface area contributed by atoms with E-state index in [4.69, 9.17) is 10.00 Å². The summed E-state index contributed by atoms with van der Waals surface area (Å²) >= 11 is 0. The standard InChI is InChI=1S/C7H11NO/c1-6(5-8)9-7-3-2-4-7/h6-7H,2-4H2,1H3.